The summed E-state index contributed by atoms with van der Waals surface area (Å²) in [6.07, 6.45) is 0. The Hall–Kier alpha value is -1.84. The fourth-order valence-electron chi connectivity index (χ4n) is 2.35. The van der Waals surface area contributed by atoms with Crippen molar-refractivity contribution in [1.29, 1.82) is 0 Å². The van der Waals surface area contributed by atoms with Crippen molar-refractivity contribution in [1.82, 2.24) is 10.2 Å². The van der Waals surface area contributed by atoms with E-state index in [1.807, 2.05) is 65.0 Å². The van der Waals surface area contributed by atoms with E-state index in [0.717, 1.165) is 5.56 Å². The van der Waals surface area contributed by atoms with Gasteiger partial charge >= 0.3 is 11.8 Å². The molecule has 2 amide bonds. The van der Waals surface area contributed by atoms with Gasteiger partial charge in [0, 0.05) is 13.1 Å². The Morgan fingerprint density at radius 2 is 1.45 bits per heavy atom. The molecule has 4 heteroatoms. The summed E-state index contributed by atoms with van der Waals surface area (Å²) in [6, 6.07) is 9.46. The minimum atomic E-state index is -0.530. The lowest BCUT2D eigenvalue weighted by atomic mass is 10.1. The van der Waals surface area contributed by atoms with E-state index < -0.39 is 11.8 Å². The van der Waals surface area contributed by atoms with Crippen molar-refractivity contribution in [3.05, 3.63) is 35.9 Å². The van der Waals surface area contributed by atoms with Crippen LogP contribution >= 0.6 is 0 Å². The SMILES string of the molecule is CC(C)CN(CC(C)C)C(=O)C(=O)NC(C)c1ccccc1. The average molecular weight is 304 g/mol. The van der Waals surface area contributed by atoms with Crippen molar-refractivity contribution >= 4 is 11.8 Å². The van der Waals surface area contributed by atoms with Gasteiger partial charge in [-0.2, -0.15) is 0 Å². The number of benzene rings is 1. The van der Waals surface area contributed by atoms with Crippen molar-refractivity contribution in [2.75, 3.05) is 13.1 Å². The number of nitrogens with one attached hydrogen (secondary N) is 1. The van der Waals surface area contributed by atoms with Crippen LogP contribution in [-0.2, 0) is 9.59 Å². The summed E-state index contributed by atoms with van der Waals surface area (Å²) in [5.41, 5.74) is 0.989. The minimum Gasteiger partial charge on any atom is -0.341 e. The first-order valence-electron chi connectivity index (χ1n) is 7.96. The van der Waals surface area contributed by atoms with Crippen molar-refractivity contribution in [3.63, 3.8) is 0 Å². The Morgan fingerprint density at radius 1 is 0.955 bits per heavy atom. The van der Waals surface area contributed by atoms with Gasteiger partial charge in [0.1, 0.15) is 0 Å². The third kappa shape index (κ3) is 5.88. The first kappa shape index (κ1) is 18.2. The van der Waals surface area contributed by atoms with E-state index in [0.29, 0.717) is 24.9 Å². The quantitative estimate of drug-likeness (QED) is 0.821. The molecule has 1 rings (SSSR count). The zero-order chi connectivity index (χ0) is 16.7. The molecule has 0 fully saturated rings. The molecule has 0 saturated heterocycles. The molecule has 122 valence electrons. The van der Waals surface area contributed by atoms with Gasteiger partial charge in [0.2, 0.25) is 0 Å². The van der Waals surface area contributed by atoms with E-state index in [1.54, 1.807) is 4.90 Å². The number of carbonyl (C=O) groups is 2. The van der Waals surface area contributed by atoms with Crippen LogP contribution < -0.4 is 5.32 Å². The first-order chi connectivity index (χ1) is 10.3. The summed E-state index contributed by atoms with van der Waals surface area (Å²) in [6.45, 7) is 11.3. The molecule has 1 aromatic rings. The number of nitrogens with zero attached hydrogens (tertiary/aromatic N) is 1. The number of amides is 2. The van der Waals surface area contributed by atoms with Gasteiger partial charge in [-0.05, 0) is 24.3 Å². The summed E-state index contributed by atoms with van der Waals surface area (Å²) in [5.74, 6) is -0.299. The Bertz CT molecular complexity index is 473. The fourth-order valence-corrected chi connectivity index (χ4v) is 2.35. The van der Waals surface area contributed by atoms with Gasteiger partial charge in [-0.25, -0.2) is 0 Å². The predicted molar refractivity (Wildman–Crippen MR) is 89.3 cm³/mol. The normalized spacial score (nSPS) is 12.3. The molecule has 0 saturated carbocycles. The molecular formula is C18H28N2O2. The molecule has 0 aliphatic heterocycles. The molecule has 0 aliphatic carbocycles. The molecule has 1 atom stereocenters. The number of rotatable bonds is 6. The van der Waals surface area contributed by atoms with Crippen LogP contribution in [0.3, 0.4) is 0 Å². The maximum atomic E-state index is 12.4. The summed E-state index contributed by atoms with van der Waals surface area (Å²) in [7, 11) is 0. The van der Waals surface area contributed by atoms with Crippen molar-refractivity contribution in [2.24, 2.45) is 11.8 Å². The van der Waals surface area contributed by atoms with E-state index in [1.165, 1.54) is 0 Å². The van der Waals surface area contributed by atoms with Crippen LogP contribution in [0.2, 0.25) is 0 Å². The van der Waals surface area contributed by atoms with Crippen LogP contribution in [0, 0.1) is 11.8 Å². The molecule has 0 bridgehead atoms. The summed E-state index contributed by atoms with van der Waals surface area (Å²) in [5, 5.41) is 2.79. The molecule has 0 aliphatic rings. The van der Waals surface area contributed by atoms with Gasteiger partial charge in [0.15, 0.2) is 0 Å². The number of hydrogen-bond donors (Lipinski definition) is 1. The molecule has 22 heavy (non-hydrogen) atoms. The maximum absolute atomic E-state index is 12.4. The Balaban J connectivity index is 2.70. The van der Waals surface area contributed by atoms with Gasteiger partial charge in [0.25, 0.3) is 0 Å². The lowest BCUT2D eigenvalue weighted by Crippen LogP contribution is -2.46. The Labute approximate surface area is 133 Å². The van der Waals surface area contributed by atoms with Crippen LogP contribution in [-0.4, -0.2) is 29.8 Å². The molecule has 4 nitrogen and oxygen atoms in total. The van der Waals surface area contributed by atoms with Gasteiger partial charge in [-0.15, -0.1) is 0 Å². The topological polar surface area (TPSA) is 49.4 Å². The highest BCUT2D eigenvalue weighted by atomic mass is 16.2. The van der Waals surface area contributed by atoms with Crippen molar-refractivity contribution < 1.29 is 9.59 Å². The lowest BCUT2D eigenvalue weighted by molar-refractivity contribution is -0.146. The second kappa shape index (κ2) is 8.57. The van der Waals surface area contributed by atoms with E-state index >= 15 is 0 Å². The molecule has 0 radical (unpaired) electrons. The van der Waals surface area contributed by atoms with Gasteiger partial charge < -0.3 is 10.2 Å². The van der Waals surface area contributed by atoms with Gasteiger partial charge in [0.05, 0.1) is 6.04 Å². The van der Waals surface area contributed by atoms with Crippen LogP contribution in [0.1, 0.15) is 46.2 Å². The van der Waals surface area contributed by atoms with Crippen LogP contribution in [0.25, 0.3) is 0 Å². The summed E-state index contributed by atoms with van der Waals surface area (Å²) >= 11 is 0. The third-order valence-corrected chi connectivity index (χ3v) is 3.30. The van der Waals surface area contributed by atoms with Gasteiger partial charge in [-0.1, -0.05) is 58.0 Å². The zero-order valence-corrected chi connectivity index (χ0v) is 14.3. The van der Waals surface area contributed by atoms with Crippen molar-refractivity contribution in [3.8, 4) is 0 Å². The average Bonchev–Trinajstić information content (AvgIpc) is 2.45. The van der Waals surface area contributed by atoms with E-state index in [4.69, 9.17) is 0 Å². The number of carbonyl (C=O) groups excluding carboxylic acids is 2. The van der Waals surface area contributed by atoms with Crippen molar-refractivity contribution in [2.45, 2.75) is 40.7 Å². The molecule has 0 aromatic heterocycles. The van der Waals surface area contributed by atoms with Crippen LogP contribution in [0.15, 0.2) is 30.3 Å². The second-order valence-electron chi connectivity index (χ2n) is 6.60. The fraction of sp³-hybridized carbons (Fsp3) is 0.556. The standard InChI is InChI=1S/C18H28N2O2/c1-13(2)11-20(12-14(3)4)18(22)17(21)19-15(5)16-9-7-6-8-10-16/h6-10,13-15H,11-12H2,1-5H3,(H,19,21). The molecule has 1 N–H and O–H groups in total. The first-order valence-corrected chi connectivity index (χ1v) is 7.96. The summed E-state index contributed by atoms with van der Waals surface area (Å²) in [4.78, 5) is 26.3. The van der Waals surface area contributed by atoms with E-state index in [2.05, 4.69) is 5.32 Å². The smallest absolute Gasteiger partial charge is 0.311 e. The minimum absolute atomic E-state index is 0.183. The third-order valence-electron chi connectivity index (χ3n) is 3.30. The number of hydrogen-bond acceptors (Lipinski definition) is 2. The van der Waals surface area contributed by atoms with Gasteiger partial charge in [-0.3, -0.25) is 9.59 Å². The van der Waals surface area contributed by atoms with E-state index in [9.17, 15) is 9.59 Å². The predicted octanol–water partition coefficient (Wildman–Crippen LogP) is 3.00. The monoisotopic (exact) mass is 304 g/mol. The van der Waals surface area contributed by atoms with Crippen LogP contribution in [0.5, 0.6) is 0 Å². The highest BCUT2D eigenvalue weighted by Gasteiger charge is 2.24. The molecule has 0 spiro atoms. The molecule has 1 unspecified atom stereocenters. The highest BCUT2D eigenvalue weighted by molar-refractivity contribution is 6.35. The Morgan fingerprint density at radius 3 is 1.91 bits per heavy atom. The zero-order valence-electron chi connectivity index (χ0n) is 14.3. The molecule has 0 heterocycles. The second-order valence-corrected chi connectivity index (χ2v) is 6.60. The summed E-state index contributed by atoms with van der Waals surface area (Å²) < 4.78 is 0. The van der Waals surface area contributed by atoms with E-state index in [-0.39, 0.29) is 6.04 Å². The molecule has 1 aromatic carbocycles. The highest BCUT2D eigenvalue weighted by Crippen LogP contribution is 2.11. The Kier molecular flexibility index (Phi) is 7.09. The maximum Gasteiger partial charge on any atom is 0.311 e. The lowest BCUT2D eigenvalue weighted by Gasteiger charge is -2.26. The molecular weight excluding hydrogens is 276 g/mol. The largest absolute Gasteiger partial charge is 0.341 e. The van der Waals surface area contributed by atoms with Crippen LogP contribution in [0.4, 0.5) is 0 Å².